The van der Waals surface area contributed by atoms with Crippen LogP contribution in [-0.2, 0) is 0 Å². The lowest BCUT2D eigenvalue weighted by atomic mass is 10.1. The molecule has 0 aliphatic carbocycles. The first-order valence-electron chi connectivity index (χ1n) is 6.34. The van der Waals surface area contributed by atoms with Crippen LogP contribution in [0, 0.1) is 0 Å². The second-order valence-electron chi connectivity index (χ2n) is 4.75. The molecule has 0 bridgehead atoms. The highest BCUT2D eigenvalue weighted by molar-refractivity contribution is 6.37. The summed E-state index contributed by atoms with van der Waals surface area (Å²) in [5.41, 5.74) is 4.92. The minimum Gasteiger partial charge on any atom is -0.434 e. The minimum atomic E-state index is -0.270. The van der Waals surface area contributed by atoms with Crippen molar-refractivity contribution >= 4 is 28.9 Å². The zero-order valence-electron chi connectivity index (χ0n) is 11.8. The van der Waals surface area contributed by atoms with E-state index in [1.165, 1.54) is 18.2 Å². The van der Waals surface area contributed by atoms with Gasteiger partial charge in [0.25, 0.3) is 5.56 Å². The topological polar surface area (TPSA) is 99.3 Å². The fourth-order valence-electron chi connectivity index (χ4n) is 1.78. The summed E-state index contributed by atoms with van der Waals surface area (Å²) in [6.07, 6.45) is 0. The molecule has 9 heteroatoms. The van der Waals surface area contributed by atoms with Crippen molar-refractivity contribution in [3.8, 4) is 11.6 Å². The van der Waals surface area contributed by atoms with Crippen LogP contribution in [0.5, 0.6) is 11.6 Å². The van der Waals surface area contributed by atoms with Crippen molar-refractivity contribution in [1.29, 1.82) is 0 Å². The number of aromatic amines is 1. The molecule has 0 saturated carbocycles. The Morgan fingerprint density at radius 2 is 1.91 bits per heavy atom. The van der Waals surface area contributed by atoms with Crippen LogP contribution in [0.4, 0.5) is 5.69 Å². The van der Waals surface area contributed by atoms with Crippen LogP contribution in [0.25, 0.3) is 0 Å². The average molecular weight is 345 g/mol. The fourth-order valence-corrected chi connectivity index (χ4v) is 2.35. The van der Waals surface area contributed by atoms with Crippen LogP contribution in [0.3, 0.4) is 0 Å². The Labute approximate surface area is 136 Å². The normalized spacial score (nSPS) is 10.8. The number of hydrogen-bond acceptors (Lipinski definition) is 6. The maximum atomic E-state index is 11.7. The number of halogens is 2. The van der Waals surface area contributed by atoms with Crippen LogP contribution in [0.15, 0.2) is 23.0 Å². The Balaban J connectivity index is 2.35. The van der Waals surface area contributed by atoms with Gasteiger partial charge in [-0.2, -0.15) is 0 Å². The molecule has 0 aliphatic rings. The molecule has 0 radical (unpaired) electrons. The molecule has 118 valence electrons. The van der Waals surface area contributed by atoms with Crippen LogP contribution < -0.4 is 21.3 Å². The molecule has 2 aromatic rings. The van der Waals surface area contributed by atoms with Gasteiger partial charge in [0.15, 0.2) is 5.75 Å². The highest BCUT2D eigenvalue weighted by Crippen LogP contribution is 2.38. The number of rotatable bonds is 5. The lowest BCUT2D eigenvalue weighted by Crippen LogP contribution is -2.16. The monoisotopic (exact) mass is 344 g/mol. The average Bonchev–Trinajstić information content (AvgIpc) is 2.44. The second kappa shape index (κ2) is 6.97. The lowest BCUT2D eigenvalue weighted by Gasteiger charge is -2.12. The van der Waals surface area contributed by atoms with Crippen molar-refractivity contribution in [2.75, 3.05) is 5.43 Å². The van der Waals surface area contributed by atoms with E-state index in [0.29, 0.717) is 11.3 Å². The molecule has 1 aromatic carbocycles. The molecule has 0 unspecified atom stereocenters. The van der Waals surface area contributed by atoms with Gasteiger partial charge in [-0.25, -0.2) is 5.10 Å². The lowest BCUT2D eigenvalue weighted by molar-refractivity contribution is 0.193. The fraction of sp³-hybridized carbons (Fsp3) is 0.231. The predicted octanol–water partition coefficient (Wildman–Crippen LogP) is 3.30. The van der Waals surface area contributed by atoms with Crippen molar-refractivity contribution in [3.05, 3.63) is 44.2 Å². The van der Waals surface area contributed by atoms with Gasteiger partial charge in [-0.3, -0.25) is 15.4 Å². The zero-order valence-corrected chi connectivity index (χ0v) is 13.3. The predicted molar refractivity (Wildman–Crippen MR) is 84.0 cm³/mol. The molecule has 0 amide bonds. The molecular formula is C13H14Cl2N4O3. The van der Waals surface area contributed by atoms with E-state index >= 15 is 0 Å². The number of anilines is 1. The van der Waals surface area contributed by atoms with Crippen LogP contribution >= 0.6 is 23.2 Å². The van der Waals surface area contributed by atoms with E-state index in [1.54, 1.807) is 5.59 Å². The third-order valence-electron chi connectivity index (χ3n) is 2.84. The van der Waals surface area contributed by atoms with E-state index in [9.17, 15) is 4.79 Å². The van der Waals surface area contributed by atoms with E-state index in [4.69, 9.17) is 33.1 Å². The molecule has 22 heavy (non-hydrogen) atoms. The Morgan fingerprint density at radius 3 is 2.45 bits per heavy atom. The highest BCUT2D eigenvalue weighted by Gasteiger charge is 2.14. The second-order valence-corrected chi connectivity index (χ2v) is 5.57. The third-order valence-corrected chi connectivity index (χ3v) is 3.40. The van der Waals surface area contributed by atoms with E-state index in [1.807, 2.05) is 13.8 Å². The van der Waals surface area contributed by atoms with Gasteiger partial charge in [0.1, 0.15) is 0 Å². The molecule has 0 atom stereocenters. The molecule has 0 fully saturated rings. The van der Waals surface area contributed by atoms with E-state index < -0.39 is 0 Å². The molecule has 0 aliphatic heterocycles. The highest BCUT2D eigenvalue weighted by atomic mass is 35.5. The van der Waals surface area contributed by atoms with Crippen molar-refractivity contribution in [3.63, 3.8) is 0 Å². The smallest absolute Gasteiger partial charge is 0.267 e. The molecule has 1 heterocycles. The van der Waals surface area contributed by atoms with Crippen molar-refractivity contribution in [2.45, 2.75) is 19.8 Å². The SMILES string of the molecule is CC(C)c1cc(Oc2c(Cl)cc(NNO)cc2Cl)n[nH]c1=O. The summed E-state index contributed by atoms with van der Waals surface area (Å²) in [5, 5.41) is 15.2. The standard InChI is InChI=1S/C13H14Cl2N4O3/c1-6(2)8-5-11(17-18-13(8)20)22-12-9(14)3-7(16-19-21)4-10(12)15/h3-6,16,19,21H,1-2H3,(H,18,20). The van der Waals surface area contributed by atoms with Gasteiger partial charge in [-0.1, -0.05) is 37.0 Å². The summed E-state index contributed by atoms with van der Waals surface area (Å²) in [5.74, 6) is 0.386. The molecule has 4 N–H and O–H groups in total. The summed E-state index contributed by atoms with van der Waals surface area (Å²) in [7, 11) is 0. The molecule has 0 spiro atoms. The van der Waals surface area contributed by atoms with Crippen molar-refractivity contribution in [1.82, 2.24) is 15.8 Å². The third kappa shape index (κ3) is 3.69. The van der Waals surface area contributed by atoms with Crippen LogP contribution in [0.2, 0.25) is 10.0 Å². The quantitative estimate of drug-likeness (QED) is 0.621. The molecular weight excluding hydrogens is 331 g/mol. The largest absolute Gasteiger partial charge is 0.434 e. The molecule has 1 aromatic heterocycles. The van der Waals surface area contributed by atoms with E-state index in [-0.39, 0.29) is 33.2 Å². The number of nitrogens with one attached hydrogen (secondary N) is 3. The van der Waals surface area contributed by atoms with Gasteiger partial charge in [0.2, 0.25) is 5.88 Å². The Bertz CT molecular complexity index is 710. The number of hydrogen-bond donors (Lipinski definition) is 4. The maximum absolute atomic E-state index is 11.7. The zero-order chi connectivity index (χ0) is 16.3. The number of aromatic nitrogens is 2. The number of ether oxygens (including phenoxy) is 1. The Morgan fingerprint density at radius 1 is 1.27 bits per heavy atom. The first-order chi connectivity index (χ1) is 10.4. The summed E-state index contributed by atoms with van der Waals surface area (Å²) in [6, 6.07) is 4.54. The summed E-state index contributed by atoms with van der Waals surface area (Å²) < 4.78 is 5.56. The number of hydrazine groups is 1. The van der Waals surface area contributed by atoms with E-state index in [2.05, 4.69) is 15.6 Å². The number of H-pyrrole nitrogens is 1. The minimum absolute atomic E-state index is 0.0160. The van der Waals surface area contributed by atoms with Crippen LogP contribution in [0.1, 0.15) is 25.3 Å². The van der Waals surface area contributed by atoms with Gasteiger partial charge in [0.05, 0.1) is 15.7 Å². The van der Waals surface area contributed by atoms with Gasteiger partial charge >= 0.3 is 0 Å². The van der Waals surface area contributed by atoms with Gasteiger partial charge < -0.3 is 4.74 Å². The first kappa shape index (κ1) is 16.6. The van der Waals surface area contributed by atoms with Crippen LogP contribution in [-0.4, -0.2) is 15.4 Å². The molecule has 2 rings (SSSR count). The summed E-state index contributed by atoms with van der Waals surface area (Å²) in [4.78, 5) is 11.7. The summed E-state index contributed by atoms with van der Waals surface area (Å²) in [6.45, 7) is 3.77. The van der Waals surface area contributed by atoms with Gasteiger partial charge in [0, 0.05) is 11.6 Å². The van der Waals surface area contributed by atoms with Crippen molar-refractivity contribution < 1.29 is 9.94 Å². The van der Waals surface area contributed by atoms with Crippen molar-refractivity contribution in [2.24, 2.45) is 0 Å². The van der Waals surface area contributed by atoms with Gasteiger partial charge in [-0.15, -0.1) is 10.7 Å². The molecule has 0 saturated heterocycles. The first-order valence-corrected chi connectivity index (χ1v) is 7.09. The van der Waals surface area contributed by atoms with Gasteiger partial charge in [-0.05, 0) is 18.1 Å². The number of nitrogens with zero attached hydrogens (tertiary/aromatic N) is 1. The molecule has 7 nitrogen and oxygen atoms in total. The summed E-state index contributed by atoms with van der Waals surface area (Å²) >= 11 is 12.2. The Hall–Kier alpha value is -1.80. The Kier molecular flexibility index (Phi) is 5.25. The maximum Gasteiger partial charge on any atom is 0.267 e. The number of benzene rings is 1. The van der Waals surface area contributed by atoms with E-state index in [0.717, 1.165) is 0 Å².